The van der Waals surface area contributed by atoms with Gasteiger partial charge in [-0.05, 0) is 45.2 Å². The Bertz CT molecular complexity index is 820. The molecular formula is C22H34N4O5. The smallest absolute Gasteiger partial charge is 0.410 e. The van der Waals surface area contributed by atoms with Crippen molar-refractivity contribution in [2.45, 2.75) is 71.7 Å². The number of fused-ring (bicyclic) bond motifs is 1. The fraction of sp³-hybridized carbons (Fsp3) is 0.636. The largest absolute Gasteiger partial charge is 0.480 e. The van der Waals surface area contributed by atoms with Crippen molar-refractivity contribution in [2.75, 3.05) is 18.5 Å². The van der Waals surface area contributed by atoms with E-state index in [9.17, 15) is 19.5 Å². The van der Waals surface area contributed by atoms with Crippen molar-refractivity contribution in [1.29, 1.82) is 0 Å². The van der Waals surface area contributed by atoms with Gasteiger partial charge in [-0.2, -0.15) is 0 Å². The number of hydrogen-bond acceptors (Lipinski definition) is 6. The molecule has 1 aliphatic heterocycles. The molecule has 0 saturated carbocycles. The topological polar surface area (TPSA) is 112 Å². The Hall–Kier alpha value is -2.68. The van der Waals surface area contributed by atoms with Crippen LogP contribution in [0.4, 0.5) is 10.6 Å². The molecule has 0 unspecified atom stereocenters. The highest BCUT2D eigenvalue weighted by molar-refractivity contribution is 6.03. The van der Waals surface area contributed by atoms with Gasteiger partial charge in [0.05, 0.1) is 6.04 Å². The summed E-state index contributed by atoms with van der Waals surface area (Å²) in [5.74, 6) is -1.11. The Balaban J connectivity index is 2.14. The van der Waals surface area contributed by atoms with Crippen LogP contribution in [0.15, 0.2) is 18.3 Å². The zero-order chi connectivity index (χ0) is 23.5. The summed E-state index contributed by atoms with van der Waals surface area (Å²) >= 11 is 0. The van der Waals surface area contributed by atoms with Crippen LogP contribution in [0.1, 0.15) is 47.1 Å². The van der Waals surface area contributed by atoms with Crippen LogP contribution in [0.25, 0.3) is 0 Å². The SMILES string of the molecule is CC(C)[C@H](NC[C@H](C)N(C)C(=O)OC(C)(C)C)C(=O)N1c2ncccc2C[C@@H]1C(=O)O. The number of ether oxygens (including phenoxy) is 1. The third kappa shape index (κ3) is 5.94. The summed E-state index contributed by atoms with van der Waals surface area (Å²) in [5, 5.41) is 12.9. The number of aromatic nitrogens is 1. The van der Waals surface area contributed by atoms with Gasteiger partial charge in [0.25, 0.3) is 0 Å². The maximum absolute atomic E-state index is 13.4. The Morgan fingerprint density at radius 3 is 2.52 bits per heavy atom. The van der Waals surface area contributed by atoms with Gasteiger partial charge in [0.2, 0.25) is 5.91 Å². The van der Waals surface area contributed by atoms with Crippen LogP contribution in [-0.4, -0.2) is 70.3 Å². The van der Waals surface area contributed by atoms with Crippen LogP contribution < -0.4 is 10.2 Å². The van der Waals surface area contributed by atoms with E-state index in [-0.39, 0.29) is 24.3 Å². The molecule has 9 nitrogen and oxygen atoms in total. The number of carboxylic acids is 1. The molecule has 0 bridgehead atoms. The molecule has 0 spiro atoms. The van der Waals surface area contributed by atoms with Crippen LogP contribution >= 0.6 is 0 Å². The summed E-state index contributed by atoms with van der Waals surface area (Å²) in [6.45, 7) is 11.4. The number of likely N-dealkylation sites (N-methyl/N-ethyl adjacent to an activating group) is 1. The van der Waals surface area contributed by atoms with Gasteiger partial charge in [0.1, 0.15) is 17.5 Å². The Morgan fingerprint density at radius 2 is 1.97 bits per heavy atom. The molecule has 2 rings (SSSR count). The predicted octanol–water partition coefficient (Wildman–Crippen LogP) is 2.29. The van der Waals surface area contributed by atoms with Gasteiger partial charge in [-0.25, -0.2) is 14.6 Å². The first-order valence-corrected chi connectivity index (χ1v) is 10.5. The molecule has 1 aromatic rings. The Labute approximate surface area is 183 Å². The van der Waals surface area contributed by atoms with Crippen molar-refractivity contribution in [3.8, 4) is 0 Å². The highest BCUT2D eigenvalue weighted by atomic mass is 16.6. The van der Waals surface area contributed by atoms with E-state index >= 15 is 0 Å². The Kier molecular flexibility index (Phi) is 7.64. The first-order valence-electron chi connectivity index (χ1n) is 10.5. The summed E-state index contributed by atoms with van der Waals surface area (Å²) in [6.07, 6.45) is 1.34. The van der Waals surface area contributed by atoms with Crippen molar-refractivity contribution >= 4 is 23.8 Å². The van der Waals surface area contributed by atoms with E-state index in [1.165, 1.54) is 9.80 Å². The number of carboxylic acid groups (broad SMARTS) is 1. The molecule has 9 heteroatoms. The van der Waals surface area contributed by atoms with E-state index in [4.69, 9.17) is 4.74 Å². The molecule has 172 valence electrons. The second-order valence-electron chi connectivity index (χ2n) is 9.32. The van der Waals surface area contributed by atoms with Crippen LogP contribution in [0.5, 0.6) is 0 Å². The molecule has 31 heavy (non-hydrogen) atoms. The number of carbonyl (C=O) groups excluding carboxylic acids is 2. The monoisotopic (exact) mass is 434 g/mol. The predicted molar refractivity (Wildman–Crippen MR) is 117 cm³/mol. The number of rotatable bonds is 7. The average Bonchev–Trinajstić information content (AvgIpc) is 3.05. The molecule has 1 aromatic heterocycles. The number of pyridine rings is 1. The summed E-state index contributed by atoms with van der Waals surface area (Å²) in [6, 6.07) is 1.66. The van der Waals surface area contributed by atoms with Crippen molar-refractivity contribution in [1.82, 2.24) is 15.2 Å². The van der Waals surface area contributed by atoms with E-state index < -0.39 is 29.7 Å². The fourth-order valence-electron chi connectivity index (χ4n) is 3.42. The number of aliphatic carboxylic acids is 1. The molecule has 0 saturated heterocycles. The summed E-state index contributed by atoms with van der Waals surface area (Å²) < 4.78 is 5.39. The van der Waals surface area contributed by atoms with Crippen LogP contribution in [-0.2, 0) is 20.7 Å². The number of anilines is 1. The van der Waals surface area contributed by atoms with Crippen molar-refractivity contribution in [2.24, 2.45) is 5.92 Å². The maximum atomic E-state index is 13.4. The van der Waals surface area contributed by atoms with Crippen molar-refractivity contribution in [3.63, 3.8) is 0 Å². The molecule has 2 N–H and O–H groups in total. The number of nitrogens with zero attached hydrogens (tertiary/aromatic N) is 3. The first-order chi connectivity index (χ1) is 14.3. The van der Waals surface area contributed by atoms with Gasteiger partial charge in [-0.3, -0.25) is 9.69 Å². The summed E-state index contributed by atoms with van der Waals surface area (Å²) in [5.41, 5.74) is 0.139. The molecule has 0 aliphatic carbocycles. The highest BCUT2D eigenvalue weighted by Crippen LogP contribution is 2.31. The van der Waals surface area contributed by atoms with E-state index in [1.54, 1.807) is 46.1 Å². The number of hydrogen-bond donors (Lipinski definition) is 2. The normalized spacial score (nSPS) is 17.8. The van der Waals surface area contributed by atoms with Gasteiger partial charge in [-0.15, -0.1) is 0 Å². The van der Waals surface area contributed by atoms with E-state index in [0.29, 0.717) is 12.4 Å². The first kappa shape index (κ1) is 24.6. The van der Waals surface area contributed by atoms with Gasteiger partial charge in [-0.1, -0.05) is 19.9 Å². The van der Waals surface area contributed by atoms with Crippen molar-refractivity contribution in [3.05, 3.63) is 23.9 Å². The third-order valence-electron chi connectivity index (χ3n) is 5.25. The number of amides is 2. The number of carbonyl (C=O) groups is 3. The van der Waals surface area contributed by atoms with Crippen molar-refractivity contribution < 1.29 is 24.2 Å². The third-order valence-corrected chi connectivity index (χ3v) is 5.25. The second-order valence-corrected chi connectivity index (χ2v) is 9.32. The lowest BCUT2D eigenvalue weighted by Crippen LogP contribution is -2.56. The zero-order valence-electron chi connectivity index (χ0n) is 19.4. The average molecular weight is 435 g/mol. The quantitative estimate of drug-likeness (QED) is 0.677. The van der Waals surface area contributed by atoms with Crippen LogP contribution in [0, 0.1) is 5.92 Å². The van der Waals surface area contributed by atoms with E-state index in [0.717, 1.165) is 5.56 Å². The number of nitrogens with one attached hydrogen (secondary N) is 1. The second kappa shape index (κ2) is 9.64. The zero-order valence-corrected chi connectivity index (χ0v) is 19.4. The van der Waals surface area contributed by atoms with E-state index in [2.05, 4.69) is 10.3 Å². The molecule has 1 aliphatic rings. The molecular weight excluding hydrogens is 400 g/mol. The summed E-state index contributed by atoms with van der Waals surface area (Å²) in [7, 11) is 1.65. The van der Waals surface area contributed by atoms with Gasteiger partial charge in [0, 0.05) is 32.3 Å². The van der Waals surface area contributed by atoms with Gasteiger partial charge >= 0.3 is 12.1 Å². The minimum Gasteiger partial charge on any atom is -0.480 e. The lowest BCUT2D eigenvalue weighted by Gasteiger charge is -2.32. The lowest BCUT2D eigenvalue weighted by molar-refractivity contribution is -0.140. The minimum atomic E-state index is -1.06. The molecule has 2 heterocycles. The van der Waals surface area contributed by atoms with Crippen LogP contribution in [0.2, 0.25) is 0 Å². The fourth-order valence-corrected chi connectivity index (χ4v) is 3.42. The lowest BCUT2D eigenvalue weighted by atomic mass is 10.0. The van der Waals surface area contributed by atoms with Crippen LogP contribution in [0.3, 0.4) is 0 Å². The van der Waals surface area contributed by atoms with E-state index in [1.807, 2.05) is 20.8 Å². The molecule has 3 atom stereocenters. The minimum absolute atomic E-state index is 0.103. The van der Waals surface area contributed by atoms with Gasteiger partial charge in [0.15, 0.2) is 0 Å². The maximum Gasteiger partial charge on any atom is 0.410 e. The molecule has 0 fully saturated rings. The van der Waals surface area contributed by atoms with Gasteiger partial charge < -0.3 is 20.1 Å². The summed E-state index contributed by atoms with van der Waals surface area (Å²) in [4.78, 5) is 44.6. The standard InChI is InChI=1S/C22H34N4O5/c1-13(2)17(24-12-14(3)25(7)21(30)31-22(4,5)6)19(27)26-16(20(28)29)11-15-9-8-10-23-18(15)26/h8-10,13-14,16-17,24H,11-12H2,1-7H3,(H,28,29)/t14-,16+,17-/m0/s1. The highest BCUT2D eigenvalue weighted by Gasteiger charge is 2.42. The molecule has 2 amide bonds. The Morgan fingerprint density at radius 1 is 1.32 bits per heavy atom. The molecule has 0 radical (unpaired) electrons. The molecule has 0 aromatic carbocycles.